The van der Waals surface area contributed by atoms with Crippen LogP contribution < -0.4 is 0 Å². The summed E-state index contributed by atoms with van der Waals surface area (Å²) in [6.45, 7) is 4.68. The molecule has 39 heavy (non-hydrogen) atoms. The van der Waals surface area contributed by atoms with Gasteiger partial charge in [-0.25, -0.2) is 15.0 Å². The monoisotopic (exact) mass is 499 g/mol. The van der Waals surface area contributed by atoms with Crippen molar-refractivity contribution >= 4 is 32.4 Å². The fourth-order valence-electron chi connectivity index (χ4n) is 6.63. The van der Waals surface area contributed by atoms with Crippen molar-refractivity contribution in [2.75, 3.05) is 0 Å². The summed E-state index contributed by atoms with van der Waals surface area (Å²) in [5.41, 5.74) is 9.28. The maximum atomic E-state index is 5.35. The highest BCUT2D eigenvalue weighted by Gasteiger charge is 2.40. The Morgan fingerprint density at radius 2 is 1.23 bits per heavy atom. The SMILES string of the molecule is CC1(C)c2ccccc2-c2nc3ccc4ccccc4c3c(-c3ccc(-c4ncccn4)c4ccccc34)c21. The van der Waals surface area contributed by atoms with Crippen molar-refractivity contribution in [1.29, 1.82) is 0 Å². The number of pyridine rings is 1. The quantitative estimate of drug-likeness (QED) is 0.223. The summed E-state index contributed by atoms with van der Waals surface area (Å²) in [6, 6.07) is 36.8. The molecule has 0 radical (unpaired) electrons. The molecule has 0 fully saturated rings. The van der Waals surface area contributed by atoms with Crippen molar-refractivity contribution in [3.8, 4) is 33.8 Å². The largest absolute Gasteiger partial charge is 0.247 e. The highest BCUT2D eigenvalue weighted by Crippen LogP contribution is 2.54. The van der Waals surface area contributed by atoms with Gasteiger partial charge in [-0.1, -0.05) is 98.8 Å². The molecule has 1 aliphatic carbocycles. The first kappa shape index (κ1) is 22.1. The van der Waals surface area contributed by atoms with E-state index >= 15 is 0 Å². The molecule has 0 aliphatic heterocycles. The Labute approximate surface area is 226 Å². The minimum absolute atomic E-state index is 0.207. The van der Waals surface area contributed by atoms with Crippen LogP contribution in [-0.2, 0) is 5.41 Å². The minimum Gasteiger partial charge on any atom is -0.247 e. The Balaban J connectivity index is 1.58. The standard InChI is InChI=1S/C36H25N3/c1-36(2)29-15-8-7-14-28(29)34-33(36)32(31-23-11-4-3-10-22(23)16-19-30(31)39-34)26-17-18-27(35-37-20-9-21-38-35)25-13-6-5-12-24(25)26/h3-21H,1-2H3. The summed E-state index contributed by atoms with van der Waals surface area (Å²) >= 11 is 0. The number of fused-ring (bicyclic) bond motifs is 7. The molecule has 0 bridgehead atoms. The van der Waals surface area contributed by atoms with Gasteiger partial charge in [0, 0.05) is 34.3 Å². The highest BCUT2D eigenvalue weighted by atomic mass is 14.9. The lowest BCUT2D eigenvalue weighted by Gasteiger charge is -2.26. The van der Waals surface area contributed by atoms with Gasteiger partial charge in [-0.05, 0) is 62.0 Å². The molecule has 0 N–H and O–H groups in total. The van der Waals surface area contributed by atoms with E-state index in [0.29, 0.717) is 0 Å². The molecule has 0 saturated heterocycles. The Bertz CT molecular complexity index is 2090. The summed E-state index contributed by atoms with van der Waals surface area (Å²) in [7, 11) is 0. The molecule has 0 atom stereocenters. The third-order valence-electron chi connectivity index (χ3n) is 8.36. The van der Waals surface area contributed by atoms with Gasteiger partial charge < -0.3 is 0 Å². The second-order valence-electron chi connectivity index (χ2n) is 10.8. The van der Waals surface area contributed by atoms with Crippen LogP contribution in [0.4, 0.5) is 0 Å². The summed E-state index contributed by atoms with van der Waals surface area (Å²) < 4.78 is 0. The van der Waals surface area contributed by atoms with E-state index in [1.165, 1.54) is 49.4 Å². The molecule has 0 unspecified atom stereocenters. The fraction of sp³-hybridized carbons (Fsp3) is 0.0833. The molecule has 1 aliphatic rings. The van der Waals surface area contributed by atoms with E-state index < -0.39 is 0 Å². The molecular weight excluding hydrogens is 474 g/mol. The molecule has 0 spiro atoms. The molecule has 5 aromatic carbocycles. The van der Waals surface area contributed by atoms with Crippen LogP contribution in [0.3, 0.4) is 0 Å². The van der Waals surface area contributed by atoms with E-state index in [1.807, 2.05) is 6.07 Å². The van der Waals surface area contributed by atoms with Gasteiger partial charge in [0.2, 0.25) is 0 Å². The molecule has 184 valence electrons. The number of hydrogen-bond acceptors (Lipinski definition) is 3. The molecule has 8 rings (SSSR count). The van der Waals surface area contributed by atoms with Gasteiger partial charge in [-0.3, -0.25) is 0 Å². The smallest absolute Gasteiger partial charge is 0.159 e. The maximum Gasteiger partial charge on any atom is 0.159 e. The van der Waals surface area contributed by atoms with Crippen LogP contribution in [0.1, 0.15) is 25.0 Å². The van der Waals surface area contributed by atoms with E-state index in [-0.39, 0.29) is 5.41 Å². The first-order valence-electron chi connectivity index (χ1n) is 13.4. The van der Waals surface area contributed by atoms with Gasteiger partial charge in [0.15, 0.2) is 5.82 Å². The Kier molecular flexibility index (Phi) is 4.57. The average Bonchev–Trinajstić information content (AvgIpc) is 3.22. The van der Waals surface area contributed by atoms with Gasteiger partial charge in [0.25, 0.3) is 0 Å². The number of nitrogens with zero attached hydrogens (tertiary/aromatic N) is 3. The summed E-state index contributed by atoms with van der Waals surface area (Å²) in [5, 5.41) is 6.00. The highest BCUT2D eigenvalue weighted by molar-refractivity contribution is 6.19. The Morgan fingerprint density at radius 3 is 2.05 bits per heavy atom. The normalized spacial score (nSPS) is 13.6. The summed E-state index contributed by atoms with van der Waals surface area (Å²) in [6.07, 6.45) is 3.61. The Hall–Kier alpha value is -4.89. The fourth-order valence-corrected chi connectivity index (χ4v) is 6.63. The Morgan fingerprint density at radius 1 is 0.564 bits per heavy atom. The molecule has 7 aromatic rings. The van der Waals surface area contributed by atoms with E-state index in [4.69, 9.17) is 4.98 Å². The predicted molar refractivity (Wildman–Crippen MR) is 161 cm³/mol. The molecule has 0 amide bonds. The van der Waals surface area contributed by atoms with Gasteiger partial charge in [0.1, 0.15) is 0 Å². The number of rotatable bonds is 2. The lowest BCUT2D eigenvalue weighted by molar-refractivity contribution is 0.662. The molecule has 3 nitrogen and oxygen atoms in total. The summed E-state index contributed by atoms with van der Waals surface area (Å²) in [5.74, 6) is 0.739. The van der Waals surface area contributed by atoms with Crippen molar-refractivity contribution in [3.63, 3.8) is 0 Å². The van der Waals surface area contributed by atoms with Crippen LogP contribution in [0.25, 0.3) is 66.2 Å². The van der Waals surface area contributed by atoms with Crippen molar-refractivity contribution < 1.29 is 0 Å². The van der Waals surface area contributed by atoms with Crippen LogP contribution in [0.5, 0.6) is 0 Å². The second kappa shape index (κ2) is 8.05. The van der Waals surface area contributed by atoms with Crippen LogP contribution in [0.15, 0.2) is 116 Å². The van der Waals surface area contributed by atoms with Crippen LogP contribution in [0, 0.1) is 0 Å². The van der Waals surface area contributed by atoms with Crippen molar-refractivity contribution in [3.05, 3.63) is 127 Å². The van der Waals surface area contributed by atoms with E-state index in [0.717, 1.165) is 28.0 Å². The topological polar surface area (TPSA) is 38.7 Å². The summed E-state index contributed by atoms with van der Waals surface area (Å²) in [4.78, 5) is 14.5. The predicted octanol–water partition coefficient (Wildman–Crippen LogP) is 8.97. The number of aromatic nitrogens is 3. The van der Waals surface area contributed by atoms with Gasteiger partial charge >= 0.3 is 0 Å². The van der Waals surface area contributed by atoms with Crippen LogP contribution >= 0.6 is 0 Å². The van der Waals surface area contributed by atoms with Gasteiger partial charge in [-0.15, -0.1) is 0 Å². The number of hydrogen-bond donors (Lipinski definition) is 0. The molecule has 0 saturated carbocycles. The van der Waals surface area contributed by atoms with Crippen molar-refractivity contribution in [1.82, 2.24) is 15.0 Å². The van der Waals surface area contributed by atoms with E-state index in [1.54, 1.807) is 12.4 Å². The second-order valence-corrected chi connectivity index (χ2v) is 10.8. The third-order valence-corrected chi connectivity index (χ3v) is 8.36. The first-order valence-corrected chi connectivity index (χ1v) is 13.4. The molecule has 2 aromatic heterocycles. The van der Waals surface area contributed by atoms with Crippen molar-refractivity contribution in [2.24, 2.45) is 0 Å². The third kappa shape index (κ3) is 3.07. The molecule has 3 heteroatoms. The minimum atomic E-state index is -0.207. The van der Waals surface area contributed by atoms with Crippen molar-refractivity contribution in [2.45, 2.75) is 19.3 Å². The zero-order valence-corrected chi connectivity index (χ0v) is 21.8. The average molecular weight is 500 g/mol. The van der Waals surface area contributed by atoms with E-state index in [9.17, 15) is 0 Å². The zero-order chi connectivity index (χ0) is 26.1. The lowest BCUT2D eigenvalue weighted by Crippen LogP contribution is -2.17. The lowest BCUT2D eigenvalue weighted by atomic mass is 9.77. The zero-order valence-electron chi connectivity index (χ0n) is 21.8. The van der Waals surface area contributed by atoms with Crippen LogP contribution in [0.2, 0.25) is 0 Å². The molecular formula is C36H25N3. The van der Waals surface area contributed by atoms with Crippen LogP contribution in [-0.4, -0.2) is 15.0 Å². The molecule has 2 heterocycles. The van der Waals surface area contributed by atoms with Gasteiger partial charge in [0.05, 0.1) is 11.2 Å². The van der Waals surface area contributed by atoms with Gasteiger partial charge in [-0.2, -0.15) is 0 Å². The maximum absolute atomic E-state index is 5.35. The number of benzene rings is 5. The first-order chi connectivity index (χ1) is 19.1. The van der Waals surface area contributed by atoms with E-state index in [2.05, 4.69) is 121 Å².